The van der Waals surface area contributed by atoms with E-state index in [4.69, 9.17) is 9.47 Å². The van der Waals surface area contributed by atoms with Crippen molar-refractivity contribution in [2.75, 3.05) is 21.2 Å². The van der Waals surface area contributed by atoms with Gasteiger partial charge in [-0.05, 0) is 18.2 Å². The molecular weight excluding hydrogens is 304 g/mol. The molecule has 0 spiro atoms. The van der Waals surface area contributed by atoms with Gasteiger partial charge in [-0.3, -0.25) is 0 Å². The molecule has 5 heteroatoms. The van der Waals surface area contributed by atoms with Crippen LogP contribution in [0.15, 0.2) is 24.4 Å². The predicted octanol–water partition coefficient (Wildman–Crippen LogP) is 3.10. The molecule has 5 nitrogen and oxygen atoms in total. The number of fused-ring (bicyclic) bond motifs is 3. The molecule has 1 N–H and O–H groups in total. The van der Waals surface area contributed by atoms with Gasteiger partial charge >= 0.3 is 5.97 Å². The van der Waals surface area contributed by atoms with Gasteiger partial charge in [0, 0.05) is 42.8 Å². The molecule has 2 unspecified atom stereocenters. The van der Waals surface area contributed by atoms with E-state index in [1.165, 1.54) is 12.8 Å². The van der Waals surface area contributed by atoms with E-state index in [0.717, 1.165) is 34.0 Å². The third-order valence-corrected chi connectivity index (χ3v) is 6.17. The molecule has 2 fully saturated rings. The van der Waals surface area contributed by atoms with E-state index in [-0.39, 0.29) is 12.1 Å². The van der Waals surface area contributed by atoms with Crippen molar-refractivity contribution >= 4 is 16.9 Å². The summed E-state index contributed by atoms with van der Waals surface area (Å²) in [7, 11) is 6.25. The van der Waals surface area contributed by atoms with Gasteiger partial charge in [-0.15, -0.1) is 0 Å². The van der Waals surface area contributed by atoms with Crippen molar-refractivity contribution < 1.29 is 18.8 Å². The standard InChI is InChI=1S/C19H24N2O3/c1-21(2)12-4-5-13(21)9-15(8-12)24-19(22)17-11-20-18-7-6-14(23-3)10-16(17)18/h6-7,10-13,15H,4-5,8-9H2,1-3H3/p+1. The normalized spacial score (nSPS) is 28.0. The number of methoxy groups -OCH3 is 1. The molecular formula is C19H25N2O3+. The molecule has 128 valence electrons. The van der Waals surface area contributed by atoms with E-state index in [0.29, 0.717) is 17.6 Å². The van der Waals surface area contributed by atoms with E-state index in [1.807, 2.05) is 18.2 Å². The topological polar surface area (TPSA) is 51.3 Å². The van der Waals surface area contributed by atoms with Crippen molar-refractivity contribution in [3.63, 3.8) is 0 Å². The molecule has 2 bridgehead atoms. The van der Waals surface area contributed by atoms with Gasteiger partial charge < -0.3 is 18.9 Å². The number of esters is 1. The molecule has 1 aromatic carbocycles. The maximum Gasteiger partial charge on any atom is 0.340 e. The van der Waals surface area contributed by atoms with Crippen LogP contribution >= 0.6 is 0 Å². The zero-order valence-corrected chi connectivity index (χ0v) is 14.5. The number of hydrogen-bond acceptors (Lipinski definition) is 3. The highest BCUT2D eigenvalue weighted by Crippen LogP contribution is 2.40. The number of carbonyl (C=O) groups is 1. The Morgan fingerprint density at radius 3 is 2.58 bits per heavy atom. The summed E-state index contributed by atoms with van der Waals surface area (Å²) in [5.41, 5.74) is 1.51. The number of rotatable bonds is 3. The number of hydrogen-bond donors (Lipinski definition) is 1. The van der Waals surface area contributed by atoms with Gasteiger partial charge in [0.1, 0.15) is 11.9 Å². The van der Waals surface area contributed by atoms with Crippen LogP contribution in [0.3, 0.4) is 0 Å². The van der Waals surface area contributed by atoms with Crippen LogP contribution in [0.25, 0.3) is 10.9 Å². The van der Waals surface area contributed by atoms with Crippen LogP contribution in [-0.4, -0.2) is 54.8 Å². The number of piperidine rings is 1. The Labute approximate surface area is 142 Å². The van der Waals surface area contributed by atoms with Crippen LogP contribution < -0.4 is 4.74 Å². The van der Waals surface area contributed by atoms with Crippen LogP contribution in [0.2, 0.25) is 0 Å². The van der Waals surface area contributed by atoms with E-state index < -0.39 is 0 Å². The Bertz CT molecular complexity index is 764. The average molecular weight is 329 g/mol. The Kier molecular flexibility index (Phi) is 3.57. The summed E-state index contributed by atoms with van der Waals surface area (Å²) < 4.78 is 12.2. The monoisotopic (exact) mass is 329 g/mol. The number of carbonyl (C=O) groups excluding carboxylic acids is 1. The number of benzene rings is 1. The maximum absolute atomic E-state index is 12.7. The van der Waals surface area contributed by atoms with Crippen molar-refractivity contribution in [2.45, 2.75) is 43.9 Å². The molecule has 0 radical (unpaired) electrons. The number of nitrogens with zero attached hydrogens (tertiary/aromatic N) is 1. The van der Waals surface area contributed by atoms with Crippen molar-refractivity contribution in [3.8, 4) is 5.75 Å². The summed E-state index contributed by atoms with van der Waals surface area (Å²) in [4.78, 5) is 15.8. The summed E-state index contributed by atoms with van der Waals surface area (Å²) in [6.45, 7) is 0. The number of aromatic amines is 1. The maximum atomic E-state index is 12.7. The fraction of sp³-hybridized carbons (Fsp3) is 0.526. The smallest absolute Gasteiger partial charge is 0.340 e. The molecule has 24 heavy (non-hydrogen) atoms. The lowest BCUT2D eigenvalue weighted by Gasteiger charge is -2.43. The zero-order valence-electron chi connectivity index (χ0n) is 14.5. The summed E-state index contributed by atoms with van der Waals surface area (Å²) in [6.07, 6.45) is 6.22. The Balaban J connectivity index is 1.53. The van der Waals surface area contributed by atoms with Crippen molar-refractivity contribution in [2.24, 2.45) is 0 Å². The van der Waals surface area contributed by atoms with Crippen molar-refractivity contribution in [1.29, 1.82) is 0 Å². The fourth-order valence-electron chi connectivity index (χ4n) is 4.54. The summed E-state index contributed by atoms with van der Waals surface area (Å²) in [6, 6.07) is 6.92. The van der Waals surface area contributed by atoms with Crippen LogP contribution in [0, 0.1) is 0 Å². The second kappa shape index (κ2) is 5.52. The lowest BCUT2D eigenvalue weighted by Crippen LogP contribution is -2.56. The van der Waals surface area contributed by atoms with Gasteiger partial charge in [-0.2, -0.15) is 0 Å². The minimum atomic E-state index is -0.230. The Morgan fingerprint density at radius 1 is 1.21 bits per heavy atom. The van der Waals surface area contributed by atoms with Crippen LogP contribution in [0.5, 0.6) is 5.75 Å². The van der Waals surface area contributed by atoms with Gasteiger partial charge in [0.05, 0.1) is 38.9 Å². The number of quaternary nitrogens is 1. The Morgan fingerprint density at radius 2 is 1.92 bits per heavy atom. The van der Waals surface area contributed by atoms with E-state index in [9.17, 15) is 4.79 Å². The Hall–Kier alpha value is -2.01. The first-order chi connectivity index (χ1) is 11.5. The first-order valence-corrected chi connectivity index (χ1v) is 8.68. The second-order valence-electron chi connectivity index (χ2n) is 7.63. The molecule has 4 rings (SSSR count). The molecule has 3 heterocycles. The largest absolute Gasteiger partial charge is 0.497 e. The SMILES string of the molecule is COc1ccc2[nH]cc(C(=O)OC3CC4CCC(C3)[N+]4(C)C)c2c1. The van der Waals surface area contributed by atoms with E-state index in [2.05, 4.69) is 19.1 Å². The molecule has 2 aromatic rings. The first kappa shape index (κ1) is 15.5. The van der Waals surface area contributed by atoms with Gasteiger partial charge in [-0.25, -0.2) is 4.79 Å². The summed E-state index contributed by atoms with van der Waals surface area (Å²) in [5, 5.41) is 0.856. The number of H-pyrrole nitrogens is 1. The van der Waals surface area contributed by atoms with Crippen molar-refractivity contribution in [1.82, 2.24) is 4.98 Å². The van der Waals surface area contributed by atoms with Gasteiger partial charge in [0.15, 0.2) is 0 Å². The molecule has 2 aliphatic heterocycles. The lowest BCUT2D eigenvalue weighted by molar-refractivity contribution is -0.931. The third-order valence-electron chi connectivity index (χ3n) is 6.17. The molecule has 1 aromatic heterocycles. The molecule has 0 saturated carbocycles. The van der Waals surface area contributed by atoms with Gasteiger partial charge in [0.2, 0.25) is 0 Å². The van der Waals surface area contributed by atoms with E-state index in [1.54, 1.807) is 13.3 Å². The third kappa shape index (κ3) is 2.38. The molecule has 0 amide bonds. The average Bonchev–Trinajstić information content (AvgIpc) is 3.00. The van der Waals surface area contributed by atoms with Gasteiger partial charge in [0.25, 0.3) is 0 Å². The second-order valence-corrected chi connectivity index (χ2v) is 7.63. The quantitative estimate of drug-likeness (QED) is 0.695. The zero-order chi connectivity index (χ0) is 16.9. The lowest BCUT2D eigenvalue weighted by atomic mass is 9.98. The predicted molar refractivity (Wildman–Crippen MR) is 92.2 cm³/mol. The minimum absolute atomic E-state index is 0.0386. The number of aromatic nitrogens is 1. The number of nitrogens with one attached hydrogen (secondary N) is 1. The minimum Gasteiger partial charge on any atom is -0.497 e. The summed E-state index contributed by atoms with van der Waals surface area (Å²) >= 11 is 0. The van der Waals surface area contributed by atoms with Crippen molar-refractivity contribution in [3.05, 3.63) is 30.0 Å². The van der Waals surface area contributed by atoms with Crippen LogP contribution in [0.4, 0.5) is 0 Å². The highest BCUT2D eigenvalue weighted by Gasteiger charge is 2.49. The van der Waals surface area contributed by atoms with Crippen LogP contribution in [-0.2, 0) is 4.74 Å². The highest BCUT2D eigenvalue weighted by atomic mass is 16.5. The van der Waals surface area contributed by atoms with Gasteiger partial charge in [-0.1, -0.05) is 0 Å². The van der Waals surface area contributed by atoms with E-state index >= 15 is 0 Å². The molecule has 2 aliphatic rings. The summed E-state index contributed by atoms with van der Waals surface area (Å²) in [5.74, 6) is 0.511. The molecule has 0 aliphatic carbocycles. The molecule has 2 saturated heterocycles. The van der Waals surface area contributed by atoms with Crippen LogP contribution in [0.1, 0.15) is 36.0 Å². The fourth-order valence-corrected chi connectivity index (χ4v) is 4.54. The molecule has 2 atom stereocenters. The first-order valence-electron chi connectivity index (χ1n) is 8.68. The highest BCUT2D eigenvalue weighted by molar-refractivity contribution is 6.04. The number of ether oxygens (including phenoxy) is 2.